The summed E-state index contributed by atoms with van der Waals surface area (Å²) in [7, 11) is 0. The van der Waals surface area contributed by atoms with Gasteiger partial charge in [-0.25, -0.2) is 0 Å². The summed E-state index contributed by atoms with van der Waals surface area (Å²) in [5.41, 5.74) is 4.61. The second-order valence-corrected chi connectivity index (χ2v) is 8.59. The van der Waals surface area contributed by atoms with E-state index in [2.05, 4.69) is 47.4 Å². The van der Waals surface area contributed by atoms with Crippen molar-refractivity contribution in [3.05, 3.63) is 90.1 Å². The maximum Gasteiger partial charge on any atom is 0.0705 e. The molecule has 0 bridgehead atoms. The van der Waals surface area contributed by atoms with Crippen LogP contribution in [0.2, 0.25) is 0 Å². The molecule has 0 fully saturated rings. The van der Waals surface area contributed by atoms with Gasteiger partial charge >= 0.3 is 0 Å². The van der Waals surface area contributed by atoms with Gasteiger partial charge in [-0.05, 0) is 59.3 Å². The van der Waals surface area contributed by atoms with Gasteiger partial charge in [0.2, 0.25) is 0 Å². The molecule has 0 amide bonds. The van der Waals surface area contributed by atoms with Crippen LogP contribution in [0.1, 0.15) is 36.4 Å². The lowest BCUT2D eigenvalue weighted by molar-refractivity contribution is 0.852. The predicted molar refractivity (Wildman–Crippen MR) is 127 cm³/mol. The quantitative estimate of drug-likeness (QED) is 0.299. The maximum atomic E-state index is 8.48. The molecule has 2 heterocycles. The van der Waals surface area contributed by atoms with E-state index in [0.717, 1.165) is 10.9 Å². The van der Waals surface area contributed by atoms with Crippen LogP contribution < -0.4 is 0 Å². The average molecular weight is 398 g/mol. The monoisotopic (exact) mass is 397 g/mol. The lowest BCUT2D eigenvalue weighted by Crippen LogP contribution is -1.95. The number of thiophene rings is 1. The van der Waals surface area contributed by atoms with Crippen LogP contribution in [-0.2, 0) is 0 Å². The van der Waals surface area contributed by atoms with Crippen LogP contribution in [0.5, 0.6) is 0 Å². The molecule has 1 nitrogen and oxygen atoms in total. The van der Waals surface area contributed by atoms with E-state index in [1.54, 1.807) is 31.3 Å². The van der Waals surface area contributed by atoms with Crippen LogP contribution in [0.25, 0.3) is 42.6 Å². The molecule has 29 heavy (non-hydrogen) atoms. The molecule has 0 unspecified atom stereocenters. The van der Waals surface area contributed by atoms with Crippen LogP contribution in [0.15, 0.2) is 79.0 Å². The van der Waals surface area contributed by atoms with E-state index in [4.69, 9.17) is 5.48 Å². The average Bonchev–Trinajstić information content (AvgIpc) is 3.15. The van der Waals surface area contributed by atoms with Crippen LogP contribution in [0, 0.1) is 6.85 Å². The van der Waals surface area contributed by atoms with Crippen molar-refractivity contribution >= 4 is 31.5 Å². The van der Waals surface area contributed by atoms with Crippen LogP contribution in [0.3, 0.4) is 0 Å². The van der Waals surface area contributed by atoms with Crippen molar-refractivity contribution in [1.82, 2.24) is 4.98 Å². The zero-order chi connectivity index (χ0) is 23.4. The Morgan fingerprint density at radius 2 is 1.66 bits per heavy atom. The Balaban J connectivity index is 1.63. The molecule has 2 heteroatoms. The highest BCUT2D eigenvalue weighted by Crippen LogP contribution is 2.38. The Labute approximate surface area is 181 Å². The molecule has 0 saturated heterocycles. The number of pyridine rings is 1. The molecule has 3 aromatic carbocycles. The van der Waals surface area contributed by atoms with Crippen molar-refractivity contribution in [3.8, 4) is 22.4 Å². The standard InChI is InChI=1S/C27H23NS/c1-17(2)23-15-25(28-16-18(23)3)21-10-12-26-24(13-21)22-11-9-20(14-27(22)29-26)19-7-5-4-6-8-19/h4-17H,1-3H3/i3D3,17D. The van der Waals surface area contributed by atoms with Gasteiger partial charge in [-0.15, -0.1) is 11.3 Å². The Hall–Kier alpha value is -2.97. The number of hydrogen-bond acceptors (Lipinski definition) is 2. The number of hydrogen-bond donors (Lipinski definition) is 0. The lowest BCUT2D eigenvalue weighted by atomic mass is 9.97. The highest BCUT2D eigenvalue weighted by atomic mass is 32.1. The number of nitrogens with zero attached hydrogens (tertiary/aromatic N) is 1. The number of rotatable bonds is 3. The number of aryl methyl sites for hydroxylation is 1. The summed E-state index contributed by atoms with van der Waals surface area (Å²) in [6, 6.07) is 24.9. The van der Waals surface area contributed by atoms with E-state index in [9.17, 15) is 0 Å². The Morgan fingerprint density at radius 3 is 2.45 bits per heavy atom. The first-order valence-corrected chi connectivity index (χ1v) is 10.5. The smallest absolute Gasteiger partial charge is 0.0705 e. The summed E-state index contributed by atoms with van der Waals surface area (Å²) >= 11 is 1.76. The van der Waals surface area contributed by atoms with Crippen LogP contribution in [-0.4, -0.2) is 4.98 Å². The van der Waals surface area contributed by atoms with E-state index in [1.165, 1.54) is 32.1 Å². The molecular formula is C27H23NS. The van der Waals surface area contributed by atoms with Gasteiger partial charge in [0.05, 0.1) is 5.69 Å². The van der Waals surface area contributed by atoms with Gasteiger partial charge in [0, 0.05) is 37.4 Å². The van der Waals surface area contributed by atoms with Gasteiger partial charge in [-0.2, -0.15) is 0 Å². The SMILES string of the molecule is [2H]C([2H])([2H])c1cnc(-c2ccc3sc4cc(-c5ccccc5)ccc4c3c2)cc1C([2H])(C)C. The molecule has 5 aromatic rings. The fraction of sp³-hybridized carbons (Fsp3) is 0.148. The Kier molecular flexibility index (Phi) is 3.46. The highest BCUT2D eigenvalue weighted by molar-refractivity contribution is 7.25. The molecule has 0 atom stereocenters. The van der Waals surface area contributed by atoms with Gasteiger partial charge in [0.15, 0.2) is 0 Å². The van der Waals surface area contributed by atoms with Crippen molar-refractivity contribution in [2.75, 3.05) is 0 Å². The molecule has 0 spiro atoms. The van der Waals surface area contributed by atoms with Gasteiger partial charge in [0.1, 0.15) is 0 Å². The summed E-state index contributed by atoms with van der Waals surface area (Å²) in [4.78, 5) is 4.47. The van der Waals surface area contributed by atoms with E-state index in [0.29, 0.717) is 11.3 Å². The minimum absolute atomic E-state index is 0.141. The van der Waals surface area contributed by atoms with E-state index in [-0.39, 0.29) is 5.56 Å². The normalized spacial score (nSPS) is 14.4. The summed E-state index contributed by atoms with van der Waals surface area (Å²) in [6.07, 6.45) is 1.41. The van der Waals surface area contributed by atoms with Gasteiger partial charge in [-0.3, -0.25) is 4.98 Å². The second kappa shape index (κ2) is 7.13. The zero-order valence-corrected chi connectivity index (χ0v) is 17.2. The van der Waals surface area contributed by atoms with Crippen molar-refractivity contribution in [2.45, 2.75) is 26.6 Å². The molecule has 142 valence electrons. The summed E-state index contributed by atoms with van der Waals surface area (Å²) in [5, 5.41) is 2.34. The fourth-order valence-electron chi connectivity index (χ4n) is 3.77. The minimum atomic E-state index is -2.30. The molecule has 5 rings (SSSR count). The lowest BCUT2D eigenvalue weighted by Gasteiger charge is -2.11. The van der Waals surface area contributed by atoms with Gasteiger partial charge < -0.3 is 0 Å². The molecule has 0 aliphatic rings. The van der Waals surface area contributed by atoms with E-state index < -0.39 is 12.7 Å². The third-order valence-corrected chi connectivity index (χ3v) is 6.45. The summed E-state index contributed by atoms with van der Waals surface area (Å²) in [5.74, 6) is -1.05. The molecular weight excluding hydrogens is 370 g/mol. The summed E-state index contributed by atoms with van der Waals surface area (Å²) in [6.45, 7) is 1.12. The molecule has 0 N–H and O–H groups in total. The molecule has 0 radical (unpaired) electrons. The first-order chi connectivity index (χ1) is 15.6. The van der Waals surface area contributed by atoms with Crippen LogP contribution >= 0.6 is 11.3 Å². The van der Waals surface area contributed by atoms with Crippen molar-refractivity contribution in [3.63, 3.8) is 0 Å². The topological polar surface area (TPSA) is 12.9 Å². The second-order valence-electron chi connectivity index (χ2n) is 7.51. The predicted octanol–water partition coefficient (Wildman–Crippen LogP) is 8.22. The Bertz CT molecular complexity index is 1480. The molecule has 0 aliphatic carbocycles. The molecule has 2 aromatic heterocycles. The Morgan fingerprint density at radius 1 is 0.828 bits per heavy atom. The van der Waals surface area contributed by atoms with Crippen molar-refractivity contribution in [1.29, 1.82) is 0 Å². The van der Waals surface area contributed by atoms with Crippen molar-refractivity contribution < 1.29 is 5.48 Å². The molecule has 0 aliphatic heterocycles. The third kappa shape index (κ3) is 3.24. The third-order valence-electron chi connectivity index (χ3n) is 5.32. The highest BCUT2D eigenvalue weighted by Gasteiger charge is 2.11. The summed E-state index contributed by atoms with van der Waals surface area (Å²) < 4.78 is 34.4. The van der Waals surface area contributed by atoms with Gasteiger partial charge in [0.25, 0.3) is 0 Å². The zero-order valence-electron chi connectivity index (χ0n) is 20.4. The van der Waals surface area contributed by atoms with E-state index in [1.807, 2.05) is 24.3 Å². The first kappa shape index (κ1) is 14.1. The maximum absolute atomic E-state index is 8.48. The van der Waals surface area contributed by atoms with E-state index >= 15 is 0 Å². The largest absolute Gasteiger partial charge is 0.256 e. The van der Waals surface area contributed by atoms with Crippen molar-refractivity contribution in [2.24, 2.45) is 0 Å². The minimum Gasteiger partial charge on any atom is -0.256 e. The number of benzene rings is 3. The first-order valence-electron chi connectivity index (χ1n) is 11.6. The number of aromatic nitrogens is 1. The van der Waals surface area contributed by atoms with Crippen LogP contribution in [0.4, 0.5) is 0 Å². The fourth-order valence-corrected chi connectivity index (χ4v) is 4.90. The van der Waals surface area contributed by atoms with Gasteiger partial charge in [-0.1, -0.05) is 62.4 Å². The molecule has 0 saturated carbocycles. The number of fused-ring (bicyclic) bond motifs is 3.